The molecule has 82 valence electrons. The van der Waals surface area contributed by atoms with E-state index in [-0.39, 0.29) is 0 Å². The average Bonchev–Trinajstić information content (AvgIpc) is 2.19. The van der Waals surface area contributed by atoms with Crippen molar-refractivity contribution in [3.05, 3.63) is 27.7 Å². The monoisotopic (exact) mass is 273 g/mol. The van der Waals surface area contributed by atoms with Crippen LogP contribution in [0.15, 0.2) is 16.6 Å². The summed E-state index contributed by atoms with van der Waals surface area (Å²) in [5.74, 6) is -0.570. The molecule has 0 aliphatic rings. The largest absolute Gasteiger partial charge is 0.496 e. The Hall–Kier alpha value is -1.07. The van der Waals surface area contributed by atoms with Crippen molar-refractivity contribution in [3.8, 4) is 5.75 Å². The van der Waals surface area contributed by atoms with Gasteiger partial charge in [0.2, 0.25) is 0 Å². The number of benzene rings is 1. The normalized spacial score (nSPS) is 12.3. The van der Waals surface area contributed by atoms with E-state index in [0.717, 1.165) is 5.56 Å². The second kappa shape index (κ2) is 4.63. The zero-order chi connectivity index (χ0) is 11.6. The van der Waals surface area contributed by atoms with Gasteiger partial charge in [0.05, 0.1) is 7.11 Å². The van der Waals surface area contributed by atoms with Crippen LogP contribution >= 0.6 is 15.9 Å². The highest BCUT2D eigenvalue weighted by Gasteiger charge is 2.22. The molecule has 0 amide bonds. The molecule has 1 aromatic carbocycles. The summed E-state index contributed by atoms with van der Waals surface area (Å²) in [7, 11) is 1.49. The van der Waals surface area contributed by atoms with Crippen LogP contribution in [0.4, 0.5) is 0 Å². The van der Waals surface area contributed by atoms with Crippen molar-refractivity contribution in [1.29, 1.82) is 0 Å². The number of carboxylic acids is 1. The van der Waals surface area contributed by atoms with Crippen LogP contribution in [0.25, 0.3) is 0 Å². The molecular formula is C10H12BrNO3. The lowest BCUT2D eigenvalue weighted by molar-refractivity contribution is -0.138. The van der Waals surface area contributed by atoms with Crippen LogP contribution in [-0.4, -0.2) is 18.2 Å². The predicted molar refractivity (Wildman–Crippen MR) is 60.0 cm³/mol. The van der Waals surface area contributed by atoms with E-state index in [1.807, 2.05) is 13.0 Å². The first kappa shape index (κ1) is 12.0. The van der Waals surface area contributed by atoms with Gasteiger partial charge < -0.3 is 15.6 Å². The maximum absolute atomic E-state index is 10.8. The Morgan fingerprint density at radius 1 is 1.60 bits per heavy atom. The summed E-state index contributed by atoms with van der Waals surface area (Å²) >= 11 is 3.27. The highest BCUT2D eigenvalue weighted by atomic mass is 79.9. The van der Waals surface area contributed by atoms with Gasteiger partial charge in [-0.2, -0.15) is 0 Å². The Labute approximate surface area is 96.2 Å². The molecule has 0 spiro atoms. The third-order valence-corrected chi connectivity index (χ3v) is 2.81. The number of rotatable bonds is 3. The van der Waals surface area contributed by atoms with Crippen LogP contribution in [0, 0.1) is 6.92 Å². The summed E-state index contributed by atoms with van der Waals surface area (Å²) in [5.41, 5.74) is 6.89. The molecule has 4 nitrogen and oxygen atoms in total. The van der Waals surface area contributed by atoms with Crippen molar-refractivity contribution in [3.63, 3.8) is 0 Å². The molecule has 0 fully saturated rings. The van der Waals surface area contributed by atoms with Crippen LogP contribution < -0.4 is 10.5 Å². The van der Waals surface area contributed by atoms with Crippen LogP contribution in [0.1, 0.15) is 17.2 Å². The minimum Gasteiger partial charge on any atom is -0.496 e. The zero-order valence-corrected chi connectivity index (χ0v) is 10.0. The first-order valence-corrected chi connectivity index (χ1v) is 5.09. The molecule has 1 rings (SSSR count). The number of ether oxygens (including phenoxy) is 1. The SMILES string of the molecule is COc1c(C)ccc(Br)c1C(N)C(=O)O. The Morgan fingerprint density at radius 2 is 2.20 bits per heavy atom. The van der Waals surface area contributed by atoms with Gasteiger partial charge in [0, 0.05) is 10.0 Å². The van der Waals surface area contributed by atoms with Gasteiger partial charge in [-0.3, -0.25) is 4.79 Å². The number of halogens is 1. The summed E-state index contributed by atoms with van der Waals surface area (Å²) < 4.78 is 5.79. The Bertz CT molecular complexity index is 392. The summed E-state index contributed by atoms with van der Waals surface area (Å²) in [6.45, 7) is 1.84. The Balaban J connectivity index is 3.37. The molecule has 0 saturated heterocycles. The number of methoxy groups -OCH3 is 1. The van der Waals surface area contributed by atoms with Crippen LogP contribution in [-0.2, 0) is 4.79 Å². The van der Waals surface area contributed by atoms with Crippen molar-refractivity contribution < 1.29 is 14.6 Å². The van der Waals surface area contributed by atoms with Crippen molar-refractivity contribution >= 4 is 21.9 Å². The molecule has 0 heterocycles. The van der Waals surface area contributed by atoms with E-state index < -0.39 is 12.0 Å². The number of hydrogen-bond donors (Lipinski definition) is 2. The van der Waals surface area contributed by atoms with E-state index in [2.05, 4.69) is 15.9 Å². The van der Waals surface area contributed by atoms with E-state index in [4.69, 9.17) is 15.6 Å². The topological polar surface area (TPSA) is 72.5 Å². The van der Waals surface area contributed by atoms with Crippen LogP contribution in [0.2, 0.25) is 0 Å². The third kappa shape index (κ3) is 2.30. The van der Waals surface area contributed by atoms with Crippen LogP contribution in [0.5, 0.6) is 5.75 Å². The van der Waals surface area contributed by atoms with Crippen LogP contribution in [0.3, 0.4) is 0 Å². The molecule has 3 N–H and O–H groups in total. The average molecular weight is 274 g/mol. The second-order valence-electron chi connectivity index (χ2n) is 3.13. The number of aryl methyl sites for hydroxylation is 1. The van der Waals surface area contributed by atoms with Gasteiger partial charge in [0.15, 0.2) is 0 Å². The Morgan fingerprint density at radius 3 is 2.67 bits per heavy atom. The number of carboxylic acid groups (broad SMARTS) is 1. The van der Waals surface area contributed by atoms with Gasteiger partial charge in [-0.25, -0.2) is 0 Å². The predicted octanol–water partition coefficient (Wildman–Crippen LogP) is 1.85. The fourth-order valence-electron chi connectivity index (χ4n) is 1.37. The number of aliphatic carboxylic acids is 1. The zero-order valence-electron chi connectivity index (χ0n) is 8.45. The summed E-state index contributed by atoms with van der Waals surface area (Å²) in [6, 6.07) is 2.51. The minimum atomic E-state index is -1.09. The van der Waals surface area contributed by atoms with Crippen molar-refractivity contribution in [1.82, 2.24) is 0 Å². The highest BCUT2D eigenvalue weighted by molar-refractivity contribution is 9.10. The maximum Gasteiger partial charge on any atom is 0.325 e. The van der Waals surface area contributed by atoms with E-state index in [9.17, 15) is 4.79 Å². The number of nitrogens with two attached hydrogens (primary N) is 1. The van der Waals surface area contributed by atoms with Gasteiger partial charge in [0.25, 0.3) is 0 Å². The van der Waals surface area contributed by atoms with Gasteiger partial charge >= 0.3 is 5.97 Å². The molecule has 1 unspecified atom stereocenters. The van der Waals surface area contributed by atoms with E-state index >= 15 is 0 Å². The van der Waals surface area contributed by atoms with E-state index in [1.54, 1.807) is 6.07 Å². The van der Waals surface area contributed by atoms with E-state index in [0.29, 0.717) is 15.8 Å². The quantitative estimate of drug-likeness (QED) is 0.882. The fourth-order valence-corrected chi connectivity index (χ4v) is 1.93. The fraction of sp³-hybridized carbons (Fsp3) is 0.300. The molecule has 0 aliphatic heterocycles. The summed E-state index contributed by atoms with van der Waals surface area (Å²) in [6.07, 6.45) is 0. The van der Waals surface area contributed by atoms with Gasteiger partial charge in [0.1, 0.15) is 11.8 Å². The lowest BCUT2D eigenvalue weighted by Crippen LogP contribution is -2.22. The number of hydrogen-bond acceptors (Lipinski definition) is 3. The van der Waals surface area contributed by atoms with E-state index in [1.165, 1.54) is 7.11 Å². The molecule has 1 atom stereocenters. The second-order valence-corrected chi connectivity index (χ2v) is 3.98. The lowest BCUT2D eigenvalue weighted by Gasteiger charge is -2.16. The third-order valence-electron chi connectivity index (χ3n) is 2.12. The lowest BCUT2D eigenvalue weighted by atomic mass is 10.0. The summed E-state index contributed by atoms with van der Waals surface area (Å²) in [5, 5.41) is 8.87. The first-order valence-electron chi connectivity index (χ1n) is 4.30. The minimum absolute atomic E-state index is 0.463. The molecule has 5 heteroatoms. The molecule has 0 saturated carbocycles. The molecule has 15 heavy (non-hydrogen) atoms. The maximum atomic E-state index is 10.8. The Kier molecular flexibility index (Phi) is 3.71. The molecule has 1 aromatic rings. The standard InChI is InChI=1S/C10H12BrNO3/c1-5-3-4-6(11)7(9(5)15-2)8(12)10(13)14/h3-4,8H,12H2,1-2H3,(H,13,14). The molecule has 0 bridgehead atoms. The molecule has 0 radical (unpaired) electrons. The molecular weight excluding hydrogens is 262 g/mol. The number of carbonyl (C=O) groups is 1. The molecule has 0 aromatic heterocycles. The first-order chi connectivity index (χ1) is 6.99. The van der Waals surface area contributed by atoms with Gasteiger partial charge in [-0.05, 0) is 18.6 Å². The van der Waals surface area contributed by atoms with Crippen molar-refractivity contribution in [2.45, 2.75) is 13.0 Å². The summed E-state index contributed by atoms with van der Waals surface area (Å²) in [4.78, 5) is 10.8. The van der Waals surface area contributed by atoms with Gasteiger partial charge in [-0.1, -0.05) is 22.0 Å². The van der Waals surface area contributed by atoms with Crippen molar-refractivity contribution in [2.24, 2.45) is 5.73 Å². The van der Waals surface area contributed by atoms with Crippen molar-refractivity contribution in [2.75, 3.05) is 7.11 Å². The smallest absolute Gasteiger partial charge is 0.325 e. The highest BCUT2D eigenvalue weighted by Crippen LogP contribution is 2.34. The molecule has 0 aliphatic carbocycles. The van der Waals surface area contributed by atoms with Gasteiger partial charge in [-0.15, -0.1) is 0 Å².